The Balaban J connectivity index is 2.29. The van der Waals surface area contributed by atoms with Gasteiger partial charge in [-0.3, -0.25) is 0 Å². The molecule has 0 radical (unpaired) electrons. The van der Waals surface area contributed by atoms with E-state index in [4.69, 9.17) is 4.74 Å². The minimum atomic E-state index is -0.463. The van der Waals surface area contributed by atoms with Gasteiger partial charge in [-0.05, 0) is 51.2 Å². The van der Waals surface area contributed by atoms with Crippen molar-refractivity contribution in [2.45, 2.75) is 66.2 Å². The average molecular weight is 320 g/mol. The highest BCUT2D eigenvalue weighted by molar-refractivity contribution is 5.68. The number of alkyl carbamates (subject to hydrolysis) is 1. The SMILES string of the molecule is CC(C)Cc1ccc(CNCC(C)NC(=O)OC(C)(C)C)cc1. The topological polar surface area (TPSA) is 50.4 Å². The first-order valence-electron chi connectivity index (χ1n) is 8.44. The maximum atomic E-state index is 11.7. The van der Waals surface area contributed by atoms with E-state index < -0.39 is 5.60 Å². The lowest BCUT2D eigenvalue weighted by Gasteiger charge is -2.22. The zero-order valence-electron chi connectivity index (χ0n) is 15.4. The van der Waals surface area contributed by atoms with Gasteiger partial charge in [0.1, 0.15) is 5.60 Å². The molecule has 4 heteroatoms. The lowest BCUT2D eigenvalue weighted by atomic mass is 10.0. The van der Waals surface area contributed by atoms with Gasteiger partial charge in [-0.15, -0.1) is 0 Å². The van der Waals surface area contributed by atoms with Crippen LogP contribution in [0, 0.1) is 5.92 Å². The van der Waals surface area contributed by atoms with Crippen LogP contribution in [0.4, 0.5) is 4.79 Å². The fraction of sp³-hybridized carbons (Fsp3) is 0.632. The molecule has 0 spiro atoms. The summed E-state index contributed by atoms with van der Waals surface area (Å²) in [6, 6.07) is 8.73. The quantitative estimate of drug-likeness (QED) is 0.801. The molecule has 130 valence electrons. The second kappa shape index (κ2) is 8.92. The van der Waals surface area contributed by atoms with Gasteiger partial charge >= 0.3 is 6.09 Å². The molecule has 0 aromatic heterocycles. The summed E-state index contributed by atoms with van der Waals surface area (Å²) in [4.78, 5) is 11.7. The van der Waals surface area contributed by atoms with Gasteiger partial charge in [0.2, 0.25) is 0 Å². The summed E-state index contributed by atoms with van der Waals surface area (Å²) in [5, 5.41) is 6.19. The molecule has 0 heterocycles. The van der Waals surface area contributed by atoms with Crippen molar-refractivity contribution in [2.75, 3.05) is 6.54 Å². The van der Waals surface area contributed by atoms with Crippen LogP contribution in [-0.4, -0.2) is 24.3 Å². The van der Waals surface area contributed by atoms with Gasteiger partial charge in [0.25, 0.3) is 0 Å². The third-order valence-electron chi connectivity index (χ3n) is 3.21. The van der Waals surface area contributed by atoms with Crippen molar-refractivity contribution in [3.05, 3.63) is 35.4 Å². The molecule has 1 amide bonds. The van der Waals surface area contributed by atoms with Gasteiger partial charge in [-0.2, -0.15) is 0 Å². The second-order valence-corrected chi connectivity index (χ2v) is 7.59. The zero-order valence-corrected chi connectivity index (χ0v) is 15.4. The summed E-state index contributed by atoms with van der Waals surface area (Å²) in [5.41, 5.74) is 2.17. The number of carbonyl (C=O) groups excluding carboxylic acids is 1. The molecule has 0 bridgehead atoms. The standard InChI is InChI=1S/C19H32N2O2/c1-14(2)11-16-7-9-17(10-8-16)13-20-12-15(3)21-18(22)23-19(4,5)6/h7-10,14-15,20H,11-13H2,1-6H3,(H,21,22). The van der Waals surface area contributed by atoms with Crippen LogP contribution in [0.5, 0.6) is 0 Å². The molecule has 0 aliphatic heterocycles. The van der Waals surface area contributed by atoms with Crippen LogP contribution in [0.3, 0.4) is 0 Å². The van der Waals surface area contributed by atoms with E-state index in [1.807, 2.05) is 27.7 Å². The fourth-order valence-corrected chi connectivity index (χ4v) is 2.26. The molecule has 1 atom stereocenters. The highest BCUT2D eigenvalue weighted by Crippen LogP contribution is 2.10. The zero-order chi connectivity index (χ0) is 17.5. The second-order valence-electron chi connectivity index (χ2n) is 7.59. The molecule has 4 nitrogen and oxygen atoms in total. The first-order chi connectivity index (χ1) is 10.7. The smallest absolute Gasteiger partial charge is 0.407 e. The Morgan fingerprint density at radius 1 is 1.09 bits per heavy atom. The first kappa shape index (κ1) is 19.5. The van der Waals surface area contributed by atoms with E-state index in [2.05, 4.69) is 48.7 Å². The van der Waals surface area contributed by atoms with Gasteiger partial charge in [-0.25, -0.2) is 4.79 Å². The number of ether oxygens (including phenoxy) is 1. The van der Waals surface area contributed by atoms with E-state index in [0.717, 1.165) is 13.0 Å². The number of hydrogen-bond acceptors (Lipinski definition) is 3. The number of hydrogen-bond donors (Lipinski definition) is 2. The number of carbonyl (C=O) groups is 1. The third-order valence-corrected chi connectivity index (χ3v) is 3.21. The lowest BCUT2D eigenvalue weighted by Crippen LogP contribution is -2.42. The Morgan fingerprint density at radius 2 is 1.65 bits per heavy atom. The van der Waals surface area contributed by atoms with E-state index >= 15 is 0 Å². The molecule has 0 aliphatic rings. The molecular formula is C19H32N2O2. The summed E-state index contributed by atoms with van der Waals surface area (Å²) in [6.45, 7) is 13.5. The minimum absolute atomic E-state index is 0.0186. The predicted octanol–water partition coefficient (Wildman–Crippen LogP) is 3.89. The highest BCUT2D eigenvalue weighted by Gasteiger charge is 2.17. The van der Waals surface area contributed by atoms with Gasteiger partial charge in [0.05, 0.1) is 0 Å². The number of benzene rings is 1. The molecule has 23 heavy (non-hydrogen) atoms. The summed E-state index contributed by atoms with van der Waals surface area (Å²) in [5.74, 6) is 0.679. The summed E-state index contributed by atoms with van der Waals surface area (Å²) in [7, 11) is 0. The van der Waals surface area contributed by atoms with Crippen molar-refractivity contribution < 1.29 is 9.53 Å². The molecule has 0 saturated carbocycles. The van der Waals surface area contributed by atoms with Crippen molar-refractivity contribution in [3.8, 4) is 0 Å². The maximum Gasteiger partial charge on any atom is 0.407 e. The van der Waals surface area contributed by atoms with Crippen LogP contribution in [0.2, 0.25) is 0 Å². The summed E-state index contributed by atoms with van der Waals surface area (Å²) >= 11 is 0. The average Bonchev–Trinajstić information content (AvgIpc) is 2.37. The van der Waals surface area contributed by atoms with Gasteiger partial charge < -0.3 is 15.4 Å². The Morgan fingerprint density at radius 3 is 2.17 bits per heavy atom. The number of amides is 1. The minimum Gasteiger partial charge on any atom is -0.444 e. The van der Waals surface area contributed by atoms with Crippen LogP contribution < -0.4 is 10.6 Å². The van der Waals surface area contributed by atoms with Crippen LogP contribution in [0.25, 0.3) is 0 Å². The largest absolute Gasteiger partial charge is 0.444 e. The Labute approximate surface area is 141 Å². The lowest BCUT2D eigenvalue weighted by molar-refractivity contribution is 0.0508. The first-order valence-corrected chi connectivity index (χ1v) is 8.44. The van der Waals surface area contributed by atoms with Crippen LogP contribution in [0.15, 0.2) is 24.3 Å². The molecule has 1 aromatic carbocycles. The summed E-state index contributed by atoms with van der Waals surface area (Å²) < 4.78 is 5.24. The van der Waals surface area contributed by atoms with E-state index in [9.17, 15) is 4.79 Å². The van der Waals surface area contributed by atoms with Crippen molar-refractivity contribution in [1.29, 1.82) is 0 Å². The van der Waals surface area contributed by atoms with Gasteiger partial charge in [0.15, 0.2) is 0 Å². The Hall–Kier alpha value is -1.55. The summed E-state index contributed by atoms with van der Waals surface area (Å²) in [6.07, 6.45) is 0.745. The van der Waals surface area contributed by atoms with Crippen LogP contribution in [-0.2, 0) is 17.7 Å². The molecule has 0 saturated heterocycles. The van der Waals surface area contributed by atoms with E-state index in [1.54, 1.807) is 0 Å². The third kappa shape index (κ3) is 9.24. The van der Waals surface area contributed by atoms with Crippen molar-refractivity contribution in [3.63, 3.8) is 0 Å². The Bertz CT molecular complexity index is 475. The van der Waals surface area contributed by atoms with E-state index in [1.165, 1.54) is 11.1 Å². The fourth-order valence-electron chi connectivity index (χ4n) is 2.26. The molecular weight excluding hydrogens is 288 g/mol. The van der Waals surface area contributed by atoms with E-state index in [-0.39, 0.29) is 12.1 Å². The van der Waals surface area contributed by atoms with Gasteiger partial charge in [-0.1, -0.05) is 38.1 Å². The van der Waals surface area contributed by atoms with E-state index in [0.29, 0.717) is 12.5 Å². The predicted molar refractivity (Wildman–Crippen MR) is 95.5 cm³/mol. The van der Waals surface area contributed by atoms with Crippen LogP contribution in [0.1, 0.15) is 52.7 Å². The normalized spacial score (nSPS) is 13.0. The maximum absolute atomic E-state index is 11.7. The monoisotopic (exact) mass is 320 g/mol. The van der Waals surface area contributed by atoms with Crippen molar-refractivity contribution in [1.82, 2.24) is 10.6 Å². The molecule has 0 fully saturated rings. The molecule has 1 rings (SSSR count). The van der Waals surface area contributed by atoms with Crippen molar-refractivity contribution in [2.24, 2.45) is 5.92 Å². The highest BCUT2D eigenvalue weighted by atomic mass is 16.6. The number of nitrogens with one attached hydrogen (secondary N) is 2. The molecule has 1 unspecified atom stereocenters. The molecule has 2 N–H and O–H groups in total. The Kier molecular flexibility index (Phi) is 7.56. The molecule has 0 aliphatic carbocycles. The van der Waals surface area contributed by atoms with Crippen LogP contribution >= 0.6 is 0 Å². The van der Waals surface area contributed by atoms with Gasteiger partial charge in [0, 0.05) is 19.1 Å². The van der Waals surface area contributed by atoms with Crippen molar-refractivity contribution >= 4 is 6.09 Å². The molecule has 1 aromatic rings. The number of rotatable bonds is 7.